The fourth-order valence-electron chi connectivity index (χ4n) is 0.852. The predicted molar refractivity (Wildman–Crippen MR) is 34.5 cm³/mol. The first-order chi connectivity index (χ1) is 4.35. The molecule has 1 saturated carbocycles. The quantitative estimate of drug-likeness (QED) is 0.619. The fraction of sp³-hybridized carbons (Fsp3) is 0.800. The van der Waals surface area contributed by atoms with Crippen molar-refractivity contribution in [3.63, 3.8) is 0 Å². The van der Waals surface area contributed by atoms with Crippen LogP contribution in [0.5, 0.6) is 0 Å². The number of carbonyl (C=O) groups excluding carboxylic acids is 1. The molecule has 1 fully saturated rings. The molecule has 1 aliphatic carbocycles. The molecule has 0 spiro atoms. The van der Waals surface area contributed by atoms with E-state index in [4.69, 9.17) is 5.73 Å². The normalized spacial score (nSPS) is 22.0. The number of ketones is 1. The van der Waals surface area contributed by atoms with E-state index in [2.05, 4.69) is 0 Å². The summed E-state index contributed by atoms with van der Waals surface area (Å²) in [6, 6.07) is 0. The second-order valence-electron chi connectivity index (χ2n) is 2.55. The Morgan fingerprint density at radius 3 is 1.82 bits per heavy atom. The van der Waals surface area contributed by atoms with Gasteiger partial charge in [0.05, 0.1) is 0 Å². The molecule has 2 N–H and O–H groups in total. The molecule has 0 aromatic rings. The van der Waals surface area contributed by atoms with Crippen molar-refractivity contribution in [3.05, 3.63) is 0 Å². The lowest BCUT2D eigenvalue weighted by atomic mass is 9.76. The highest BCUT2D eigenvalue weighted by Crippen LogP contribution is 2.40. The van der Waals surface area contributed by atoms with Gasteiger partial charge in [0.1, 0.15) is 11.3 Å². The summed E-state index contributed by atoms with van der Waals surface area (Å²) in [5.74, 6) is -0.417. The Labute approximate surface area is 67.3 Å². The number of Topliss-reactive ketones (excluding diaryl/α,β-unsaturated/α-hetero) is 1. The average molecular weight is 190 g/mol. The highest BCUT2D eigenvalue weighted by atomic mass is 35.5. The zero-order valence-electron chi connectivity index (χ0n) is 5.44. The number of rotatable bonds is 0. The minimum atomic E-state index is -4.43. The summed E-state index contributed by atoms with van der Waals surface area (Å²) in [4.78, 5) is 10.2. The molecule has 0 heterocycles. The second kappa shape index (κ2) is 2.64. The molecule has 0 saturated heterocycles. The minimum Gasteiger partial charge on any atom is -0.317 e. The van der Waals surface area contributed by atoms with Crippen LogP contribution in [0.15, 0.2) is 0 Å². The Hall–Kier alpha value is -0.290. The van der Waals surface area contributed by atoms with Crippen LogP contribution in [-0.4, -0.2) is 17.5 Å². The van der Waals surface area contributed by atoms with E-state index in [0.29, 0.717) is 0 Å². The molecular formula is C5H7ClF3NO. The van der Waals surface area contributed by atoms with Gasteiger partial charge >= 0.3 is 6.18 Å². The van der Waals surface area contributed by atoms with Crippen LogP contribution >= 0.6 is 12.4 Å². The fourth-order valence-corrected chi connectivity index (χ4v) is 0.852. The van der Waals surface area contributed by atoms with Gasteiger partial charge in [-0.15, -0.1) is 12.4 Å². The Morgan fingerprint density at radius 1 is 1.36 bits per heavy atom. The number of nitrogens with two attached hydrogens (primary N) is 1. The van der Waals surface area contributed by atoms with Crippen LogP contribution in [0.3, 0.4) is 0 Å². The summed E-state index contributed by atoms with van der Waals surface area (Å²) in [6.45, 7) is 0. The summed E-state index contributed by atoms with van der Waals surface area (Å²) in [5, 5.41) is 0. The molecule has 11 heavy (non-hydrogen) atoms. The van der Waals surface area contributed by atoms with Crippen LogP contribution in [0, 0.1) is 0 Å². The van der Waals surface area contributed by atoms with E-state index in [1.807, 2.05) is 0 Å². The Morgan fingerprint density at radius 2 is 1.73 bits per heavy atom. The van der Waals surface area contributed by atoms with Gasteiger partial charge in [0.2, 0.25) is 0 Å². The minimum absolute atomic E-state index is 0. The molecule has 6 heteroatoms. The third-order valence-electron chi connectivity index (χ3n) is 1.59. The zero-order chi connectivity index (χ0) is 7.99. The lowest BCUT2D eigenvalue weighted by Gasteiger charge is -2.37. The van der Waals surface area contributed by atoms with E-state index in [0.717, 1.165) is 0 Å². The molecule has 0 atom stereocenters. The molecular weight excluding hydrogens is 183 g/mol. The molecule has 0 radical (unpaired) electrons. The third-order valence-corrected chi connectivity index (χ3v) is 1.59. The second-order valence-corrected chi connectivity index (χ2v) is 2.55. The maximum absolute atomic E-state index is 11.8. The van der Waals surface area contributed by atoms with Crippen LogP contribution in [0.4, 0.5) is 13.2 Å². The van der Waals surface area contributed by atoms with Gasteiger partial charge in [0.15, 0.2) is 0 Å². The van der Waals surface area contributed by atoms with Gasteiger partial charge in [-0.05, 0) is 0 Å². The van der Waals surface area contributed by atoms with Crippen molar-refractivity contribution < 1.29 is 18.0 Å². The van der Waals surface area contributed by atoms with Gasteiger partial charge in [0.25, 0.3) is 0 Å². The number of halogens is 4. The average Bonchev–Trinajstić information content (AvgIpc) is 1.58. The molecule has 0 aliphatic heterocycles. The van der Waals surface area contributed by atoms with Crippen molar-refractivity contribution in [2.24, 2.45) is 5.73 Å². The number of hydrogen-bond acceptors (Lipinski definition) is 2. The van der Waals surface area contributed by atoms with Crippen LogP contribution in [0.1, 0.15) is 12.8 Å². The molecule has 0 aromatic heterocycles. The maximum atomic E-state index is 11.8. The molecule has 0 amide bonds. The Kier molecular flexibility index (Phi) is 2.57. The van der Waals surface area contributed by atoms with E-state index >= 15 is 0 Å². The van der Waals surface area contributed by atoms with Crippen LogP contribution in [-0.2, 0) is 4.79 Å². The topological polar surface area (TPSA) is 43.1 Å². The van der Waals surface area contributed by atoms with Gasteiger partial charge < -0.3 is 5.73 Å². The van der Waals surface area contributed by atoms with Gasteiger partial charge in [-0.2, -0.15) is 13.2 Å². The number of alkyl halides is 3. The highest BCUT2D eigenvalue weighted by molar-refractivity contribution is 5.88. The molecule has 0 bridgehead atoms. The Bertz CT molecular complexity index is 171. The van der Waals surface area contributed by atoms with Crippen LogP contribution in [0.2, 0.25) is 0 Å². The van der Waals surface area contributed by atoms with Crippen molar-refractivity contribution >= 4 is 18.2 Å². The van der Waals surface area contributed by atoms with Crippen molar-refractivity contribution in [2.45, 2.75) is 24.6 Å². The molecule has 0 aromatic carbocycles. The van der Waals surface area contributed by atoms with Crippen molar-refractivity contribution in [2.75, 3.05) is 0 Å². The molecule has 2 nitrogen and oxygen atoms in total. The first kappa shape index (κ1) is 10.7. The van der Waals surface area contributed by atoms with E-state index in [-0.39, 0.29) is 12.4 Å². The number of hydrogen-bond donors (Lipinski definition) is 1. The largest absolute Gasteiger partial charge is 0.407 e. The zero-order valence-corrected chi connectivity index (χ0v) is 6.26. The molecule has 66 valence electrons. The SMILES string of the molecule is Cl.NC1(C(F)(F)F)CC(=O)C1. The van der Waals surface area contributed by atoms with Gasteiger partial charge in [-0.3, -0.25) is 4.79 Å². The monoisotopic (exact) mass is 189 g/mol. The van der Waals surface area contributed by atoms with Crippen molar-refractivity contribution in [3.8, 4) is 0 Å². The summed E-state index contributed by atoms with van der Waals surface area (Å²) >= 11 is 0. The lowest BCUT2D eigenvalue weighted by Crippen LogP contribution is -2.62. The number of carbonyl (C=O) groups is 1. The predicted octanol–water partition coefficient (Wildman–Crippen LogP) is 1.03. The summed E-state index contributed by atoms with van der Waals surface area (Å²) in [7, 11) is 0. The lowest BCUT2D eigenvalue weighted by molar-refractivity contribution is -0.205. The smallest absolute Gasteiger partial charge is 0.317 e. The summed E-state index contributed by atoms with van der Waals surface area (Å²) < 4.78 is 35.3. The van der Waals surface area contributed by atoms with Crippen LogP contribution < -0.4 is 5.73 Å². The van der Waals surface area contributed by atoms with Crippen molar-refractivity contribution in [1.29, 1.82) is 0 Å². The van der Waals surface area contributed by atoms with Crippen LogP contribution in [0.25, 0.3) is 0 Å². The van der Waals surface area contributed by atoms with E-state index in [1.165, 1.54) is 0 Å². The van der Waals surface area contributed by atoms with E-state index in [9.17, 15) is 18.0 Å². The first-order valence-electron chi connectivity index (χ1n) is 2.72. The molecule has 0 unspecified atom stereocenters. The summed E-state index contributed by atoms with van der Waals surface area (Å²) in [6.07, 6.45) is -5.55. The molecule has 1 rings (SSSR count). The molecule has 1 aliphatic rings. The first-order valence-corrected chi connectivity index (χ1v) is 2.72. The van der Waals surface area contributed by atoms with Gasteiger partial charge in [-0.1, -0.05) is 0 Å². The maximum Gasteiger partial charge on any atom is 0.407 e. The Balaban J connectivity index is 0.000001000. The summed E-state index contributed by atoms with van der Waals surface area (Å²) in [5.41, 5.74) is 2.61. The van der Waals surface area contributed by atoms with Crippen molar-refractivity contribution in [1.82, 2.24) is 0 Å². The van der Waals surface area contributed by atoms with Gasteiger partial charge in [-0.25, -0.2) is 0 Å². The highest BCUT2D eigenvalue weighted by Gasteiger charge is 2.59. The third kappa shape index (κ3) is 1.65. The van der Waals surface area contributed by atoms with E-state index < -0.39 is 30.3 Å². The van der Waals surface area contributed by atoms with E-state index in [1.54, 1.807) is 0 Å². The van der Waals surface area contributed by atoms with Gasteiger partial charge in [0, 0.05) is 12.8 Å². The standard InChI is InChI=1S/C5H6F3NO.ClH/c6-5(7,8)4(9)1-3(10)2-4;/h1-2,9H2;1H.